The Bertz CT molecular complexity index is 3080. The SMILES string of the molecule is c1ccc(-c2nc(-n3c4cccc5ccc6c(-c7ccc8c(c7)c7ccccc7n8-c7ccccc7)ccc3c6c54)nc3ccccc23)cc1. The fraction of sp³-hybridized carbons (Fsp3) is 0. The maximum absolute atomic E-state index is 5.29. The zero-order valence-corrected chi connectivity index (χ0v) is 27.0. The third kappa shape index (κ3) is 3.81. The number of benzene rings is 8. The fourth-order valence-electron chi connectivity index (χ4n) is 8.13. The number of hydrogen-bond donors (Lipinski definition) is 0. The minimum Gasteiger partial charge on any atom is -0.309 e. The largest absolute Gasteiger partial charge is 0.309 e. The van der Waals surface area contributed by atoms with Gasteiger partial charge in [0.05, 0.1) is 33.3 Å². The van der Waals surface area contributed by atoms with Gasteiger partial charge in [-0.25, -0.2) is 9.97 Å². The van der Waals surface area contributed by atoms with Gasteiger partial charge in [-0.3, -0.25) is 4.57 Å². The molecular weight excluding hydrogens is 609 g/mol. The van der Waals surface area contributed by atoms with Gasteiger partial charge < -0.3 is 4.57 Å². The topological polar surface area (TPSA) is 35.6 Å². The average molecular weight is 637 g/mol. The van der Waals surface area contributed by atoms with E-state index in [0.29, 0.717) is 5.95 Å². The summed E-state index contributed by atoms with van der Waals surface area (Å²) in [5.74, 6) is 0.676. The highest BCUT2D eigenvalue weighted by molar-refractivity contribution is 6.26. The second kappa shape index (κ2) is 10.4. The molecule has 0 N–H and O–H groups in total. The molecule has 0 aliphatic heterocycles. The Morgan fingerprint density at radius 1 is 0.380 bits per heavy atom. The van der Waals surface area contributed by atoms with Crippen molar-refractivity contribution in [3.63, 3.8) is 0 Å². The highest BCUT2D eigenvalue weighted by Gasteiger charge is 2.22. The number of nitrogens with zero attached hydrogens (tertiary/aromatic N) is 4. The summed E-state index contributed by atoms with van der Waals surface area (Å²) in [7, 11) is 0. The highest BCUT2D eigenvalue weighted by Crippen LogP contribution is 2.43. The lowest BCUT2D eigenvalue weighted by Gasteiger charge is -2.12. The second-order valence-electron chi connectivity index (χ2n) is 13.0. The number of fused-ring (bicyclic) bond motifs is 4. The van der Waals surface area contributed by atoms with Crippen LogP contribution in [-0.2, 0) is 0 Å². The predicted molar refractivity (Wildman–Crippen MR) is 208 cm³/mol. The first-order chi connectivity index (χ1) is 24.8. The first-order valence-electron chi connectivity index (χ1n) is 17.0. The smallest absolute Gasteiger partial charge is 0.235 e. The lowest BCUT2D eigenvalue weighted by Crippen LogP contribution is -2.03. The van der Waals surface area contributed by atoms with Gasteiger partial charge in [0.15, 0.2) is 0 Å². The molecule has 0 amide bonds. The summed E-state index contributed by atoms with van der Waals surface area (Å²) in [6.45, 7) is 0. The summed E-state index contributed by atoms with van der Waals surface area (Å²) in [4.78, 5) is 10.5. The first kappa shape index (κ1) is 27.2. The van der Waals surface area contributed by atoms with Gasteiger partial charge in [-0.15, -0.1) is 0 Å². The third-order valence-electron chi connectivity index (χ3n) is 10.3. The Kier molecular flexibility index (Phi) is 5.63. The molecule has 0 saturated carbocycles. The molecule has 0 aliphatic carbocycles. The summed E-state index contributed by atoms with van der Waals surface area (Å²) < 4.78 is 4.62. The average Bonchev–Trinajstić information content (AvgIpc) is 3.71. The molecule has 0 unspecified atom stereocenters. The Labute approximate surface area is 287 Å². The van der Waals surface area contributed by atoms with Crippen LogP contribution in [0.1, 0.15) is 0 Å². The minimum atomic E-state index is 0.676. The minimum absolute atomic E-state index is 0.676. The molecule has 0 bridgehead atoms. The molecule has 0 saturated heterocycles. The van der Waals surface area contributed by atoms with Crippen molar-refractivity contribution < 1.29 is 0 Å². The molecule has 11 aromatic rings. The van der Waals surface area contributed by atoms with Gasteiger partial charge in [-0.05, 0) is 70.4 Å². The van der Waals surface area contributed by atoms with Crippen molar-refractivity contribution in [1.29, 1.82) is 0 Å². The summed E-state index contributed by atoms with van der Waals surface area (Å²) in [6.07, 6.45) is 0. The zero-order chi connectivity index (χ0) is 32.8. The molecule has 3 heterocycles. The van der Waals surface area contributed by atoms with Crippen molar-refractivity contribution in [2.75, 3.05) is 0 Å². The van der Waals surface area contributed by atoms with E-state index in [4.69, 9.17) is 9.97 Å². The standard InChI is InChI=1S/C46H28N4/c1-3-12-30(13-4-1)45-36-18-7-9-19-38(36)47-46(48-45)50-41-21-11-14-29-22-24-35-33(25-27-42(50)44(35)43(29)41)31-23-26-40-37(28-31)34-17-8-10-20-39(34)49(40)32-15-5-2-6-16-32/h1-28H. The van der Waals surface area contributed by atoms with E-state index in [-0.39, 0.29) is 0 Å². The lowest BCUT2D eigenvalue weighted by atomic mass is 9.94. The monoisotopic (exact) mass is 636 g/mol. The zero-order valence-electron chi connectivity index (χ0n) is 27.0. The van der Waals surface area contributed by atoms with Crippen LogP contribution in [-0.4, -0.2) is 19.1 Å². The number of rotatable bonds is 4. The molecule has 0 spiro atoms. The highest BCUT2D eigenvalue weighted by atomic mass is 15.2. The van der Waals surface area contributed by atoms with Crippen molar-refractivity contribution in [3.05, 3.63) is 170 Å². The molecule has 11 rings (SSSR count). The molecule has 3 aromatic heterocycles. The third-order valence-corrected chi connectivity index (χ3v) is 10.3. The quantitative estimate of drug-likeness (QED) is 0.180. The Hall–Kier alpha value is -6.78. The second-order valence-corrected chi connectivity index (χ2v) is 13.0. The van der Waals surface area contributed by atoms with Gasteiger partial charge in [0.1, 0.15) is 0 Å². The summed E-state index contributed by atoms with van der Waals surface area (Å²) >= 11 is 0. The van der Waals surface area contributed by atoms with Gasteiger partial charge in [0.25, 0.3) is 0 Å². The molecule has 0 fully saturated rings. The summed E-state index contributed by atoms with van der Waals surface area (Å²) in [5, 5.41) is 8.45. The number of hydrogen-bond acceptors (Lipinski definition) is 2. The molecule has 4 heteroatoms. The fourth-order valence-corrected chi connectivity index (χ4v) is 8.13. The Balaban J connectivity index is 1.17. The van der Waals surface area contributed by atoms with E-state index in [9.17, 15) is 0 Å². The molecule has 50 heavy (non-hydrogen) atoms. The van der Waals surface area contributed by atoms with Gasteiger partial charge in [0, 0.05) is 38.2 Å². The molecular formula is C46H28N4. The molecule has 0 atom stereocenters. The summed E-state index contributed by atoms with van der Waals surface area (Å²) in [6, 6.07) is 60.6. The maximum Gasteiger partial charge on any atom is 0.235 e. The van der Waals surface area contributed by atoms with Crippen LogP contribution in [0.15, 0.2) is 170 Å². The lowest BCUT2D eigenvalue weighted by molar-refractivity contribution is 1.01. The van der Waals surface area contributed by atoms with Crippen LogP contribution in [0.25, 0.3) is 99.3 Å². The maximum atomic E-state index is 5.29. The van der Waals surface area contributed by atoms with Gasteiger partial charge >= 0.3 is 0 Å². The van der Waals surface area contributed by atoms with Crippen molar-refractivity contribution in [1.82, 2.24) is 19.1 Å². The molecule has 0 aliphatic rings. The van der Waals surface area contributed by atoms with E-state index in [1.54, 1.807) is 0 Å². The molecule has 8 aromatic carbocycles. The van der Waals surface area contributed by atoms with Crippen molar-refractivity contribution in [2.45, 2.75) is 0 Å². The van der Waals surface area contributed by atoms with E-state index >= 15 is 0 Å². The Morgan fingerprint density at radius 2 is 1.08 bits per heavy atom. The van der Waals surface area contributed by atoms with Crippen molar-refractivity contribution >= 4 is 65.3 Å². The Morgan fingerprint density at radius 3 is 1.96 bits per heavy atom. The van der Waals surface area contributed by atoms with Gasteiger partial charge in [-0.1, -0.05) is 121 Å². The number of aromatic nitrogens is 4. The van der Waals surface area contributed by atoms with Gasteiger partial charge in [-0.2, -0.15) is 0 Å². The first-order valence-corrected chi connectivity index (χ1v) is 17.0. The predicted octanol–water partition coefficient (Wildman–Crippen LogP) is 11.7. The van der Waals surface area contributed by atoms with E-state index in [1.807, 2.05) is 6.07 Å². The van der Waals surface area contributed by atoms with Crippen LogP contribution in [0, 0.1) is 0 Å². The molecule has 232 valence electrons. The number of para-hydroxylation sites is 3. The van der Waals surface area contributed by atoms with Crippen LogP contribution in [0.4, 0.5) is 0 Å². The van der Waals surface area contributed by atoms with Crippen LogP contribution in [0.2, 0.25) is 0 Å². The van der Waals surface area contributed by atoms with Crippen LogP contribution in [0.3, 0.4) is 0 Å². The molecule has 0 radical (unpaired) electrons. The van der Waals surface area contributed by atoms with E-state index in [2.05, 4.69) is 173 Å². The van der Waals surface area contributed by atoms with Crippen molar-refractivity contribution in [3.8, 4) is 34.0 Å². The van der Waals surface area contributed by atoms with E-state index in [0.717, 1.165) is 38.9 Å². The summed E-state index contributed by atoms with van der Waals surface area (Å²) in [5.41, 5.74) is 11.1. The van der Waals surface area contributed by atoms with Gasteiger partial charge in [0.2, 0.25) is 5.95 Å². The van der Waals surface area contributed by atoms with Crippen LogP contribution < -0.4 is 0 Å². The molecule has 4 nitrogen and oxygen atoms in total. The van der Waals surface area contributed by atoms with E-state index in [1.165, 1.54) is 54.5 Å². The van der Waals surface area contributed by atoms with E-state index < -0.39 is 0 Å². The van der Waals surface area contributed by atoms with Crippen LogP contribution in [0.5, 0.6) is 0 Å². The normalized spacial score (nSPS) is 12.0. The van der Waals surface area contributed by atoms with Crippen molar-refractivity contribution in [2.24, 2.45) is 0 Å². The van der Waals surface area contributed by atoms with Crippen LogP contribution >= 0.6 is 0 Å².